The van der Waals surface area contributed by atoms with Crippen molar-refractivity contribution in [1.82, 2.24) is 5.32 Å². The van der Waals surface area contributed by atoms with Crippen LogP contribution in [0.2, 0.25) is 0 Å². The van der Waals surface area contributed by atoms with Gasteiger partial charge in [-0.2, -0.15) is 0 Å². The molecule has 100 valence electrons. The van der Waals surface area contributed by atoms with Crippen LogP contribution in [0.1, 0.15) is 40.0 Å². The lowest BCUT2D eigenvalue weighted by Gasteiger charge is -2.21. The summed E-state index contributed by atoms with van der Waals surface area (Å²) in [6.45, 7) is 5.81. The zero-order valence-corrected chi connectivity index (χ0v) is 11.2. The molecular weight excluding hydrogens is 220 g/mol. The van der Waals surface area contributed by atoms with Gasteiger partial charge in [0.1, 0.15) is 5.60 Å². The first-order valence-electron chi connectivity index (χ1n) is 5.96. The first-order chi connectivity index (χ1) is 7.81. The van der Waals surface area contributed by atoms with Gasteiger partial charge in [-0.1, -0.05) is 6.42 Å². The van der Waals surface area contributed by atoms with E-state index >= 15 is 0 Å². The maximum atomic E-state index is 11.8. The summed E-state index contributed by atoms with van der Waals surface area (Å²) in [6.07, 6.45) is 2.27. The summed E-state index contributed by atoms with van der Waals surface area (Å²) in [5.74, 6) is -1.29. The average molecular weight is 244 g/mol. The maximum absolute atomic E-state index is 11.8. The molecule has 0 aromatic heterocycles. The van der Waals surface area contributed by atoms with E-state index in [0.29, 0.717) is 13.0 Å². The van der Waals surface area contributed by atoms with E-state index in [2.05, 4.69) is 5.32 Å². The molecule has 0 radical (unpaired) electrons. The van der Waals surface area contributed by atoms with Crippen molar-refractivity contribution in [2.45, 2.75) is 51.7 Å². The van der Waals surface area contributed by atoms with Gasteiger partial charge in [0.15, 0.2) is 0 Å². The summed E-state index contributed by atoms with van der Waals surface area (Å²) < 4.78 is 5.04. The number of Topliss-reactive ketones (excluding diaryl/α,β-unsaturated/α-hetero) is 1. The molecule has 0 aliphatic rings. The van der Waals surface area contributed by atoms with Gasteiger partial charge in [0.2, 0.25) is 0 Å². The predicted octanol–water partition coefficient (Wildman–Crippen LogP) is 0.614. The van der Waals surface area contributed by atoms with Crippen LogP contribution >= 0.6 is 0 Å². The molecule has 3 N–H and O–H groups in total. The van der Waals surface area contributed by atoms with Gasteiger partial charge in [-0.3, -0.25) is 4.79 Å². The molecule has 0 saturated carbocycles. The number of likely N-dealkylation sites (N-methyl/N-ethyl adjacent to an activating group) is 1. The van der Waals surface area contributed by atoms with Crippen LogP contribution in [-0.2, 0) is 14.3 Å². The van der Waals surface area contributed by atoms with Gasteiger partial charge < -0.3 is 15.8 Å². The highest BCUT2D eigenvalue weighted by atomic mass is 16.6. The predicted molar refractivity (Wildman–Crippen MR) is 66.6 cm³/mol. The third-order valence-corrected chi connectivity index (χ3v) is 2.21. The Morgan fingerprint density at radius 1 is 1.29 bits per heavy atom. The van der Waals surface area contributed by atoms with Crippen molar-refractivity contribution in [3.8, 4) is 0 Å². The molecule has 5 nitrogen and oxygen atoms in total. The van der Waals surface area contributed by atoms with Gasteiger partial charge in [-0.25, -0.2) is 4.79 Å². The van der Waals surface area contributed by atoms with Gasteiger partial charge >= 0.3 is 5.97 Å². The second-order valence-corrected chi connectivity index (χ2v) is 4.99. The lowest BCUT2D eigenvalue weighted by Crippen LogP contribution is -2.41. The van der Waals surface area contributed by atoms with Gasteiger partial charge in [-0.05, 0) is 47.2 Å². The molecular formula is C12H24N2O3. The summed E-state index contributed by atoms with van der Waals surface area (Å²) in [5, 5.41) is 2.84. The number of ether oxygens (including phenoxy) is 1. The second-order valence-electron chi connectivity index (χ2n) is 4.99. The number of rotatable bonds is 7. The Morgan fingerprint density at radius 2 is 1.88 bits per heavy atom. The van der Waals surface area contributed by atoms with Gasteiger partial charge in [0.25, 0.3) is 5.78 Å². The van der Waals surface area contributed by atoms with Crippen molar-refractivity contribution in [1.29, 1.82) is 0 Å². The Bertz CT molecular complexity index is 259. The molecule has 5 heteroatoms. The van der Waals surface area contributed by atoms with Crippen LogP contribution in [0, 0.1) is 0 Å². The highest BCUT2D eigenvalue weighted by Crippen LogP contribution is 2.09. The number of hydrogen-bond acceptors (Lipinski definition) is 5. The van der Waals surface area contributed by atoms with Crippen molar-refractivity contribution in [3.63, 3.8) is 0 Å². The topological polar surface area (TPSA) is 81.4 Å². The van der Waals surface area contributed by atoms with E-state index in [1.54, 1.807) is 27.8 Å². The summed E-state index contributed by atoms with van der Waals surface area (Å²) in [5.41, 5.74) is 4.74. The number of nitrogens with one attached hydrogen (secondary N) is 1. The number of unbranched alkanes of at least 4 members (excludes halogenated alkanes) is 1. The lowest BCUT2D eigenvalue weighted by molar-refractivity contribution is -0.163. The summed E-state index contributed by atoms with van der Waals surface area (Å²) in [7, 11) is 1.66. The van der Waals surface area contributed by atoms with Crippen molar-refractivity contribution in [2.75, 3.05) is 13.6 Å². The van der Waals surface area contributed by atoms with Crippen LogP contribution in [0.4, 0.5) is 0 Å². The summed E-state index contributed by atoms with van der Waals surface area (Å²) in [6, 6.07) is -0.476. The van der Waals surface area contributed by atoms with Gasteiger partial charge in [0.05, 0.1) is 6.04 Å². The zero-order chi connectivity index (χ0) is 13.5. The minimum absolute atomic E-state index is 0.476. The van der Waals surface area contributed by atoms with Crippen molar-refractivity contribution < 1.29 is 14.3 Å². The number of carbonyl (C=O) groups excluding carboxylic acids is 2. The van der Waals surface area contributed by atoms with Crippen LogP contribution in [0.25, 0.3) is 0 Å². The number of ketones is 1. The fraction of sp³-hybridized carbons (Fsp3) is 0.833. The Kier molecular flexibility index (Phi) is 6.99. The molecule has 0 rings (SSSR count). The van der Waals surface area contributed by atoms with E-state index in [9.17, 15) is 9.59 Å². The lowest BCUT2D eigenvalue weighted by atomic mass is 10.1. The number of carbonyl (C=O) groups is 2. The molecule has 0 spiro atoms. The SMILES string of the molecule is CN[C@@H](CCCCN)C(=O)C(=O)OC(C)(C)C. The summed E-state index contributed by atoms with van der Waals surface area (Å²) in [4.78, 5) is 23.3. The molecule has 0 aliphatic heterocycles. The molecule has 0 fully saturated rings. The fourth-order valence-electron chi connectivity index (χ4n) is 1.37. The molecule has 0 aromatic rings. The zero-order valence-electron chi connectivity index (χ0n) is 11.2. The third kappa shape index (κ3) is 7.07. The Morgan fingerprint density at radius 3 is 2.29 bits per heavy atom. The van der Waals surface area contributed by atoms with Crippen LogP contribution in [0.3, 0.4) is 0 Å². The minimum Gasteiger partial charge on any atom is -0.454 e. The minimum atomic E-state index is -0.774. The van der Waals surface area contributed by atoms with E-state index in [-0.39, 0.29) is 0 Å². The highest BCUT2D eigenvalue weighted by molar-refractivity contribution is 6.35. The summed E-state index contributed by atoms with van der Waals surface area (Å²) >= 11 is 0. The van der Waals surface area contributed by atoms with Crippen molar-refractivity contribution in [2.24, 2.45) is 5.73 Å². The van der Waals surface area contributed by atoms with Crippen LogP contribution in [-0.4, -0.2) is 37.0 Å². The van der Waals surface area contributed by atoms with Crippen molar-refractivity contribution >= 4 is 11.8 Å². The van der Waals surface area contributed by atoms with E-state index < -0.39 is 23.4 Å². The molecule has 0 aliphatic carbocycles. The van der Waals surface area contributed by atoms with E-state index in [1.165, 1.54) is 0 Å². The molecule has 17 heavy (non-hydrogen) atoms. The van der Waals surface area contributed by atoms with Crippen molar-refractivity contribution in [3.05, 3.63) is 0 Å². The van der Waals surface area contributed by atoms with Crippen LogP contribution in [0.5, 0.6) is 0 Å². The van der Waals surface area contributed by atoms with E-state index in [4.69, 9.17) is 10.5 Å². The standard InChI is InChI=1S/C12H24N2O3/c1-12(2,3)17-11(16)10(15)9(14-4)7-5-6-8-13/h9,14H,5-8,13H2,1-4H3/t9-/m0/s1. The molecule has 0 heterocycles. The van der Waals surface area contributed by atoms with E-state index in [1.807, 2.05) is 0 Å². The largest absolute Gasteiger partial charge is 0.454 e. The molecule has 0 saturated heterocycles. The molecule has 0 aromatic carbocycles. The highest BCUT2D eigenvalue weighted by Gasteiger charge is 2.28. The van der Waals surface area contributed by atoms with Crippen LogP contribution in [0.15, 0.2) is 0 Å². The monoisotopic (exact) mass is 244 g/mol. The Labute approximate surface area is 103 Å². The smallest absolute Gasteiger partial charge is 0.376 e. The second kappa shape index (κ2) is 7.40. The fourth-order valence-corrected chi connectivity index (χ4v) is 1.37. The maximum Gasteiger partial charge on any atom is 0.376 e. The number of esters is 1. The Hall–Kier alpha value is -0.940. The Balaban J connectivity index is 4.28. The van der Waals surface area contributed by atoms with Crippen LogP contribution < -0.4 is 11.1 Å². The van der Waals surface area contributed by atoms with Gasteiger partial charge in [-0.15, -0.1) is 0 Å². The normalized spacial score (nSPS) is 13.2. The molecule has 0 bridgehead atoms. The van der Waals surface area contributed by atoms with Gasteiger partial charge in [0, 0.05) is 0 Å². The molecule has 0 amide bonds. The molecule has 1 atom stereocenters. The quantitative estimate of drug-likeness (QED) is 0.390. The number of nitrogens with two attached hydrogens (primary N) is 1. The first-order valence-corrected chi connectivity index (χ1v) is 5.96. The average Bonchev–Trinajstić information content (AvgIpc) is 2.21. The molecule has 0 unspecified atom stereocenters. The van der Waals surface area contributed by atoms with E-state index in [0.717, 1.165) is 12.8 Å². The first kappa shape index (κ1) is 16.1. The third-order valence-electron chi connectivity index (χ3n) is 2.21. The number of hydrogen-bond donors (Lipinski definition) is 2.